The summed E-state index contributed by atoms with van der Waals surface area (Å²) in [7, 11) is 0. The minimum absolute atomic E-state index is 0.374. The van der Waals surface area contributed by atoms with Crippen molar-refractivity contribution in [1.82, 2.24) is 9.71 Å². The van der Waals surface area contributed by atoms with E-state index >= 15 is 0 Å². The number of imidazole rings is 1. The molecule has 2 N–H and O–H groups in total. The van der Waals surface area contributed by atoms with E-state index in [2.05, 4.69) is 4.98 Å². The zero-order valence-corrected chi connectivity index (χ0v) is 9.82. The van der Waals surface area contributed by atoms with Gasteiger partial charge in [-0.1, -0.05) is 36.4 Å². The molecule has 5 nitrogen and oxygen atoms in total. The highest BCUT2D eigenvalue weighted by Crippen LogP contribution is 2.24. The van der Waals surface area contributed by atoms with Crippen LogP contribution in [0, 0.1) is 0 Å². The molecule has 0 saturated heterocycles. The molecule has 0 atom stereocenters. The molecule has 0 radical (unpaired) electrons. The van der Waals surface area contributed by atoms with Crippen molar-refractivity contribution in [2.24, 2.45) is 0 Å². The molecule has 3 rings (SSSR count). The summed E-state index contributed by atoms with van der Waals surface area (Å²) in [6.07, 6.45) is 0. The molecule has 0 amide bonds. The van der Waals surface area contributed by atoms with Crippen LogP contribution < -0.4 is 0 Å². The van der Waals surface area contributed by atoms with Gasteiger partial charge in [0.2, 0.25) is 0 Å². The molecular formula is C14H10N2O3. The van der Waals surface area contributed by atoms with Crippen LogP contribution >= 0.6 is 0 Å². The number of nitrogens with zero attached hydrogens (tertiary/aromatic N) is 2. The third-order valence-electron chi connectivity index (χ3n) is 2.93. The lowest BCUT2D eigenvalue weighted by Crippen LogP contribution is -2.06. The van der Waals surface area contributed by atoms with E-state index in [1.54, 1.807) is 12.1 Å². The lowest BCUT2D eigenvalue weighted by molar-refractivity contribution is 0.0639. The fraction of sp³-hybridized carbons (Fsp3) is 0. The van der Waals surface area contributed by atoms with Crippen molar-refractivity contribution >= 4 is 17.0 Å². The molecule has 0 unspecified atom stereocenters. The van der Waals surface area contributed by atoms with E-state index in [0.29, 0.717) is 15.8 Å². The largest absolute Gasteiger partial charge is 0.475 e. The molecule has 2 aromatic carbocycles. The smallest absolute Gasteiger partial charge is 0.375 e. The van der Waals surface area contributed by atoms with Crippen molar-refractivity contribution in [3.05, 3.63) is 54.4 Å². The van der Waals surface area contributed by atoms with Crippen molar-refractivity contribution < 1.29 is 15.1 Å². The number of carbonyl (C=O) groups is 1. The highest BCUT2D eigenvalue weighted by atomic mass is 16.5. The summed E-state index contributed by atoms with van der Waals surface area (Å²) in [6, 6.07) is 14.9. The molecule has 5 heteroatoms. The zero-order chi connectivity index (χ0) is 13.4. The molecule has 0 bridgehead atoms. The first-order chi connectivity index (χ1) is 9.16. The number of carboxylic acid groups (broad SMARTS) is 1. The van der Waals surface area contributed by atoms with Gasteiger partial charge in [0.05, 0.1) is 5.52 Å². The van der Waals surface area contributed by atoms with E-state index < -0.39 is 5.97 Å². The van der Waals surface area contributed by atoms with E-state index in [1.807, 2.05) is 36.4 Å². The van der Waals surface area contributed by atoms with Crippen LogP contribution in [0.1, 0.15) is 10.6 Å². The SMILES string of the molecule is O=C(O)c1nc2ccc(-c3ccccc3)cc2n1O. The summed E-state index contributed by atoms with van der Waals surface area (Å²) in [5.41, 5.74) is 2.70. The molecule has 3 aromatic rings. The topological polar surface area (TPSA) is 75.3 Å². The third-order valence-corrected chi connectivity index (χ3v) is 2.93. The Morgan fingerprint density at radius 2 is 1.79 bits per heavy atom. The van der Waals surface area contributed by atoms with E-state index in [9.17, 15) is 10.0 Å². The summed E-state index contributed by atoms with van der Waals surface area (Å²) in [5, 5.41) is 18.7. The van der Waals surface area contributed by atoms with Crippen molar-refractivity contribution in [3.63, 3.8) is 0 Å². The molecule has 0 aliphatic heterocycles. The van der Waals surface area contributed by atoms with Crippen LogP contribution in [0.2, 0.25) is 0 Å². The average molecular weight is 254 g/mol. The second-order valence-corrected chi connectivity index (χ2v) is 4.12. The lowest BCUT2D eigenvalue weighted by atomic mass is 10.1. The molecule has 1 heterocycles. The number of aromatic carboxylic acids is 1. The Morgan fingerprint density at radius 1 is 1.05 bits per heavy atom. The first-order valence-corrected chi connectivity index (χ1v) is 5.67. The number of hydrogen-bond acceptors (Lipinski definition) is 3. The Balaban J connectivity index is 2.21. The number of rotatable bonds is 2. The van der Waals surface area contributed by atoms with Crippen LogP contribution in [-0.4, -0.2) is 26.0 Å². The lowest BCUT2D eigenvalue weighted by Gasteiger charge is -2.01. The monoisotopic (exact) mass is 254 g/mol. The quantitative estimate of drug-likeness (QED) is 0.689. The molecule has 19 heavy (non-hydrogen) atoms. The maximum absolute atomic E-state index is 10.9. The molecule has 0 saturated carbocycles. The average Bonchev–Trinajstić information content (AvgIpc) is 2.77. The van der Waals surface area contributed by atoms with Crippen molar-refractivity contribution in [2.75, 3.05) is 0 Å². The highest BCUT2D eigenvalue weighted by Gasteiger charge is 2.16. The molecule has 0 fully saturated rings. The number of hydrogen-bond donors (Lipinski definition) is 2. The van der Waals surface area contributed by atoms with Gasteiger partial charge in [0.15, 0.2) is 0 Å². The Morgan fingerprint density at radius 3 is 2.47 bits per heavy atom. The maximum atomic E-state index is 10.9. The summed E-state index contributed by atoms with van der Waals surface area (Å²) in [4.78, 5) is 14.8. The predicted octanol–water partition coefficient (Wildman–Crippen LogP) is 2.64. The van der Waals surface area contributed by atoms with Crippen LogP contribution in [0.3, 0.4) is 0 Å². The number of aromatic nitrogens is 2. The molecular weight excluding hydrogens is 244 g/mol. The van der Waals surface area contributed by atoms with E-state index in [1.165, 1.54) is 0 Å². The molecule has 0 aliphatic carbocycles. The first kappa shape index (κ1) is 11.3. The first-order valence-electron chi connectivity index (χ1n) is 5.67. The summed E-state index contributed by atoms with van der Waals surface area (Å²) in [6.45, 7) is 0. The van der Waals surface area contributed by atoms with Crippen LogP contribution in [0.4, 0.5) is 0 Å². The Labute approximate surface area is 108 Å². The Kier molecular flexibility index (Phi) is 2.45. The minimum Gasteiger partial charge on any atom is -0.475 e. The molecule has 94 valence electrons. The molecule has 0 spiro atoms. The van der Waals surface area contributed by atoms with Crippen LogP contribution in [0.15, 0.2) is 48.5 Å². The van der Waals surface area contributed by atoms with E-state index in [4.69, 9.17) is 5.11 Å². The van der Waals surface area contributed by atoms with Gasteiger partial charge >= 0.3 is 5.97 Å². The van der Waals surface area contributed by atoms with Gasteiger partial charge in [-0.05, 0) is 23.3 Å². The van der Waals surface area contributed by atoms with E-state index in [0.717, 1.165) is 11.1 Å². The predicted molar refractivity (Wildman–Crippen MR) is 69.3 cm³/mol. The summed E-state index contributed by atoms with van der Waals surface area (Å²) < 4.78 is 0.601. The minimum atomic E-state index is -1.26. The molecule has 1 aromatic heterocycles. The van der Waals surface area contributed by atoms with Gasteiger partial charge in [-0.2, -0.15) is 4.73 Å². The van der Waals surface area contributed by atoms with Crippen LogP contribution in [0.5, 0.6) is 0 Å². The fourth-order valence-corrected chi connectivity index (χ4v) is 2.01. The third kappa shape index (κ3) is 1.81. The van der Waals surface area contributed by atoms with Crippen molar-refractivity contribution in [2.45, 2.75) is 0 Å². The normalized spacial score (nSPS) is 10.7. The second kappa shape index (κ2) is 4.13. The Hall–Kier alpha value is -2.82. The zero-order valence-electron chi connectivity index (χ0n) is 9.82. The number of fused-ring (bicyclic) bond motifs is 1. The maximum Gasteiger partial charge on any atom is 0.375 e. The van der Waals surface area contributed by atoms with Gasteiger partial charge in [-0.15, -0.1) is 0 Å². The summed E-state index contributed by atoms with van der Waals surface area (Å²) >= 11 is 0. The highest BCUT2D eigenvalue weighted by molar-refractivity contribution is 5.91. The van der Waals surface area contributed by atoms with Crippen molar-refractivity contribution in [3.8, 4) is 11.1 Å². The van der Waals surface area contributed by atoms with Gasteiger partial charge < -0.3 is 10.3 Å². The second-order valence-electron chi connectivity index (χ2n) is 4.12. The summed E-state index contributed by atoms with van der Waals surface area (Å²) in [5.74, 6) is -1.65. The van der Waals surface area contributed by atoms with Gasteiger partial charge in [0, 0.05) is 0 Å². The van der Waals surface area contributed by atoms with Gasteiger partial charge in [0.1, 0.15) is 5.52 Å². The molecule has 0 aliphatic rings. The van der Waals surface area contributed by atoms with Crippen LogP contribution in [-0.2, 0) is 0 Å². The fourth-order valence-electron chi connectivity index (χ4n) is 2.01. The van der Waals surface area contributed by atoms with Crippen molar-refractivity contribution in [1.29, 1.82) is 0 Å². The van der Waals surface area contributed by atoms with Gasteiger partial charge in [-0.3, -0.25) is 0 Å². The van der Waals surface area contributed by atoms with E-state index in [-0.39, 0.29) is 5.82 Å². The van der Waals surface area contributed by atoms with Gasteiger partial charge in [0.25, 0.3) is 5.82 Å². The number of benzene rings is 2. The Bertz CT molecular complexity index is 763. The standard InChI is InChI=1S/C14H10N2O3/c17-14(18)13-15-11-7-6-10(8-12(11)16(13)19)9-4-2-1-3-5-9/h1-8,19H,(H,17,18). The number of carboxylic acids is 1. The van der Waals surface area contributed by atoms with Gasteiger partial charge in [-0.25, -0.2) is 9.78 Å². The van der Waals surface area contributed by atoms with Crippen LogP contribution in [0.25, 0.3) is 22.2 Å².